The van der Waals surface area contributed by atoms with Crippen LogP contribution in [0.3, 0.4) is 0 Å². The highest BCUT2D eigenvalue weighted by atomic mass is 19.1. The Morgan fingerprint density at radius 1 is 1.24 bits per heavy atom. The number of hydrogen-bond donors (Lipinski definition) is 2. The summed E-state index contributed by atoms with van der Waals surface area (Å²) in [4.78, 5) is 37.9. The third-order valence-electron chi connectivity index (χ3n) is 4.33. The van der Waals surface area contributed by atoms with Crippen LogP contribution in [0.5, 0.6) is 0 Å². The first-order chi connectivity index (χ1) is 25.7. The SMILES string of the molecule is [2H]c1c([2H])c(NC([2H])([2H])c2c([2H])c([2H])c(C([2H])([2H])N3C([2H])([2H])C([2H])([2H])OC([2H])([2H])C3([2H])[2H])c([2H])c2F)c2c(c1[2H])C(=O)N(C1C(=O)NC(=O)C([2H])([2H])C1([2H])[2H])C2([2H])[2H]. The van der Waals surface area contributed by atoms with E-state index in [1.165, 1.54) is 5.32 Å². The first-order valence-electron chi connectivity index (χ1n) is 21.2. The Bertz CT molecular complexity index is 2140. The molecular formula is C25H27FN4O4. The fourth-order valence-corrected chi connectivity index (χ4v) is 2.85. The number of nitrogens with zero attached hydrogens (tertiary/aromatic N) is 2. The molecule has 34 heavy (non-hydrogen) atoms. The van der Waals surface area contributed by atoms with Crippen molar-refractivity contribution in [2.24, 2.45) is 0 Å². The summed E-state index contributed by atoms with van der Waals surface area (Å²) in [6.07, 6.45) is -7.33. The molecule has 1 unspecified atom stereocenters. The normalized spacial score (nSPS) is 42.4. The molecule has 0 bridgehead atoms. The number of amides is 3. The lowest BCUT2D eigenvalue weighted by atomic mass is 10.0. The Hall–Kier alpha value is -3.30. The molecule has 0 radical (unpaired) electrons. The number of imide groups is 1. The first-order valence-corrected chi connectivity index (χ1v) is 9.16. The van der Waals surface area contributed by atoms with Crippen LogP contribution in [0.1, 0.15) is 72.7 Å². The lowest BCUT2D eigenvalue weighted by molar-refractivity contribution is -0.136. The molecule has 2 saturated heterocycles. The fourth-order valence-electron chi connectivity index (χ4n) is 2.85. The van der Waals surface area contributed by atoms with E-state index < -0.39 is 157 Å². The highest BCUT2D eigenvalue weighted by Crippen LogP contribution is 2.32. The van der Waals surface area contributed by atoms with Crippen LogP contribution in [-0.4, -0.2) is 59.7 Å². The lowest BCUT2D eigenvalue weighted by Gasteiger charge is -2.29. The number of carbonyl (C=O) groups excluding carboxylic acids is 3. The van der Waals surface area contributed by atoms with Crippen LogP contribution in [0, 0.1) is 5.82 Å². The molecule has 3 amide bonds. The van der Waals surface area contributed by atoms with Crippen LogP contribution in [0.2, 0.25) is 0 Å². The third kappa shape index (κ3) is 4.53. The van der Waals surface area contributed by atoms with Gasteiger partial charge in [-0.05, 0) is 30.1 Å². The van der Waals surface area contributed by atoms with Crippen LogP contribution < -0.4 is 10.6 Å². The summed E-state index contributed by atoms with van der Waals surface area (Å²) in [6.45, 7) is -27.5. The van der Waals surface area contributed by atoms with Crippen molar-refractivity contribution in [3.05, 3.63) is 64.3 Å². The van der Waals surface area contributed by atoms with Crippen molar-refractivity contribution in [2.75, 3.05) is 31.4 Å². The zero-order chi connectivity index (χ0) is 45.0. The van der Waals surface area contributed by atoms with Gasteiger partial charge in [0.15, 0.2) is 0 Å². The lowest BCUT2D eigenvalue weighted by Crippen LogP contribution is -2.52. The van der Waals surface area contributed by atoms with Crippen LogP contribution in [0.25, 0.3) is 0 Å². The van der Waals surface area contributed by atoms with E-state index in [0.717, 1.165) is 0 Å². The minimum absolute atomic E-state index is 0.250. The summed E-state index contributed by atoms with van der Waals surface area (Å²) in [5, 5.41) is 3.23. The molecular weight excluding hydrogens is 439 g/mol. The second-order valence-corrected chi connectivity index (χ2v) is 6.44. The van der Waals surface area contributed by atoms with Gasteiger partial charge >= 0.3 is 0 Å². The van der Waals surface area contributed by atoms with Crippen LogP contribution in [0.4, 0.5) is 10.1 Å². The summed E-state index contributed by atoms with van der Waals surface area (Å²) < 4.78 is 220. The van der Waals surface area contributed by atoms with Gasteiger partial charge in [-0.3, -0.25) is 24.6 Å². The van der Waals surface area contributed by atoms with Gasteiger partial charge in [0.05, 0.1) is 32.3 Å². The molecule has 0 aliphatic carbocycles. The summed E-state index contributed by atoms with van der Waals surface area (Å²) in [5.74, 6) is -7.63. The molecule has 2 N–H and O–H groups in total. The summed E-state index contributed by atoms with van der Waals surface area (Å²) >= 11 is 0. The second kappa shape index (κ2) is 9.52. The fraction of sp³-hybridized carbons (Fsp3) is 0.400. The molecule has 2 aromatic rings. The van der Waals surface area contributed by atoms with Crippen LogP contribution in [-0.2, 0) is 33.8 Å². The first kappa shape index (κ1) is 7.86. The smallest absolute Gasteiger partial charge is 0.255 e. The van der Waals surface area contributed by atoms with E-state index >= 15 is 4.39 Å². The summed E-state index contributed by atoms with van der Waals surface area (Å²) in [7, 11) is 0. The largest absolute Gasteiger partial charge is 0.381 e. The molecule has 3 aliphatic heterocycles. The zero-order valence-corrected chi connectivity index (χ0v) is 16.5. The summed E-state index contributed by atoms with van der Waals surface area (Å²) in [6, 6.07) is -12.0. The third-order valence-corrected chi connectivity index (χ3v) is 4.33. The van der Waals surface area contributed by atoms with Gasteiger partial charge in [0.2, 0.25) is 11.8 Å². The molecule has 8 nitrogen and oxygen atoms in total. The van der Waals surface area contributed by atoms with Gasteiger partial charge in [-0.2, -0.15) is 0 Å². The number of carbonyl (C=O) groups is 3. The number of anilines is 1. The summed E-state index contributed by atoms with van der Waals surface area (Å²) in [5.41, 5.74) is -7.30. The van der Waals surface area contributed by atoms with Crippen molar-refractivity contribution in [1.29, 1.82) is 0 Å². The quantitative estimate of drug-likeness (QED) is 0.603. The topological polar surface area (TPSA) is 91.0 Å². The van der Waals surface area contributed by atoms with E-state index in [1.807, 2.05) is 0 Å². The van der Waals surface area contributed by atoms with Gasteiger partial charge in [0.1, 0.15) is 11.9 Å². The van der Waals surface area contributed by atoms with E-state index in [2.05, 4.69) is 4.74 Å². The molecule has 5 rings (SSSR count). The van der Waals surface area contributed by atoms with Crippen molar-refractivity contribution >= 4 is 23.4 Å². The van der Waals surface area contributed by atoms with Crippen molar-refractivity contribution in [3.63, 3.8) is 0 Å². The number of fused-ring (bicyclic) bond motifs is 1. The number of halogens is 1. The minimum atomic E-state index is -4.14. The number of morpholine rings is 1. The van der Waals surface area contributed by atoms with Gasteiger partial charge in [-0.25, -0.2) is 4.39 Å². The number of ether oxygens (including phenoxy) is 1. The maximum atomic E-state index is 16.3. The Morgan fingerprint density at radius 3 is 2.88 bits per heavy atom. The molecule has 1 atom stereocenters. The van der Waals surface area contributed by atoms with Gasteiger partial charge in [0.25, 0.3) is 5.91 Å². The molecule has 2 fully saturated rings. The van der Waals surface area contributed by atoms with Crippen molar-refractivity contribution in [3.8, 4) is 0 Å². The average molecular weight is 491 g/mol. The van der Waals surface area contributed by atoms with Crippen LogP contribution in [0.15, 0.2) is 36.3 Å². The van der Waals surface area contributed by atoms with E-state index in [9.17, 15) is 14.4 Å². The molecule has 0 aromatic heterocycles. The second-order valence-electron chi connectivity index (χ2n) is 6.44. The Kier molecular flexibility index (Phi) is 2.20. The number of nitrogens with one attached hydrogen (secondary N) is 2. The molecule has 3 aliphatic rings. The standard InChI is InChI=1S/C25H27FN4O4/c26-20-12-16(14-29-8-10-34-11-9-29)4-5-17(20)13-27-21-3-1-2-18-19(21)15-30(25(18)33)22-6-7-23(31)28-24(22)32/h1-5,12,22,27H,6-11,13-15H2,(H,28,31,32)/i1D,2D,3D,4D,5D,6D2,7D2,8D2,9D2,10D2,11D2,12D,13D2,14D2,15D2. The monoisotopic (exact) mass is 490 g/mol. The number of hydrogen-bond acceptors (Lipinski definition) is 6. The van der Waals surface area contributed by atoms with Gasteiger partial charge in [-0.1, -0.05) is 18.1 Å². The van der Waals surface area contributed by atoms with Gasteiger partial charge < -0.3 is 15.0 Å². The maximum absolute atomic E-state index is 16.3. The number of piperidine rings is 1. The molecule has 9 heteroatoms. The molecule has 0 saturated carbocycles. The van der Waals surface area contributed by atoms with E-state index in [1.54, 1.807) is 5.32 Å². The van der Waals surface area contributed by atoms with E-state index in [0.29, 0.717) is 0 Å². The van der Waals surface area contributed by atoms with Gasteiger partial charge in [-0.15, -0.1) is 0 Å². The minimum Gasteiger partial charge on any atom is -0.381 e. The van der Waals surface area contributed by atoms with Crippen LogP contribution >= 0.6 is 0 Å². The van der Waals surface area contributed by atoms with Crippen molar-refractivity contribution in [1.82, 2.24) is 15.1 Å². The molecule has 0 spiro atoms. The van der Waals surface area contributed by atoms with Gasteiger partial charge in [0, 0.05) is 74.9 Å². The van der Waals surface area contributed by atoms with E-state index in [4.69, 9.17) is 32.9 Å². The molecule has 3 heterocycles. The Morgan fingerprint density at radius 2 is 2.06 bits per heavy atom. The maximum Gasteiger partial charge on any atom is 0.255 e. The number of rotatable bonds is 6. The predicted molar refractivity (Wildman–Crippen MR) is 122 cm³/mol. The zero-order valence-electron chi connectivity index (χ0n) is 40.5. The highest BCUT2D eigenvalue weighted by Gasteiger charge is 2.39. The Labute approximate surface area is 230 Å². The highest BCUT2D eigenvalue weighted by molar-refractivity contribution is 6.06. The van der Waals surface area contributed by atoms with E-state index in [-0.39, 0.29) is 4.90 Å². The van der Waals surface area contributed by atoms with Crippen molar-refractivity contribution < 1.29 is 56.4 Å². The molecule has 178 valence electrons. The average Bonchev–Trinajstić information content (AvgIpc) is 3.23. The Balaban J connectivity index is 1.71. The predicted octanol–water partition coefficient (Wildman–Crippen LogP) is 2.03. The number of benzene rings is 2. The molecule has 2 aromatic carbocycles. The van der Waals surface area contributed by atoms with Crippen molar-refractivity contribution in [2.45, 2.75) is 38.3 Å².